The van der Waals surface area contributed by atoms with Crippen LogP contribution in [0.15, 0.2) is 0 Å². The summed E-state index contributed by atoms with van der Waals surface area (Å²) in [5, 5.41) is 4.87. The molecular formula is C17H33N3. The Kier molecular flexibility index (Phi) is 7.28. The van der Waals surface area contributed by atoms with Crippen LogP contribution in [0.4, 0.5) is 0 Å². The van der Waals surface area contributed by atoms with Crippen LogP contribution in [-0.4, -0.2) is 15.8 Å². The topological polar surface area (TPSA) is 43.8 Å². The lowest BCUT2D eigenvalue weighted by Crippen LogP contribution is -2.22. The molecule has 0 spiro atoms. The van der Waals surface area contributed by atoms with Gasteiger partial charge in [-0.1, -0.05) is 41.0 Å². The Hall–Kier alpha value is -0.830. The summed E-state index contributed by atoms with van der Waals surface area (Å²) in [7, 11) is 0. The lowest BCUT2D eigenvalue weighted by atomic mass is 10.00. The minimum absolute atomic E-state index is 0.260. The SMILES string of the molecule is CCCC(C)Cn1nc(CC)c(CC(N)CC)c1CC. The van der Waals surface area contributed by atoms with Gasteiger partial charge in [-0.2, -0.15) is 5.10 Å². The zero-order valence-corrected chi connectivity index (χ0v) is 14.1. The Morgan fingerprint density at radius 3 is 2.35 bits per heavy atom. The second-order valence-electron chi connectivity index (χ2n) is 6.03. The predicted octanol–water partition coefficient (Wildman–Crippen LogP) is 3.72. The molecule has 2 unspecified atom stereocenters. The number of hydrogen-bond donors (Lipinski definition) is 1. The Bertz CT molecular complexity index is 395. The number of nitrogens with zero attached hydrogens (tertiary/aromatic N) is 2. The van der Waals surface area contributed by atoms with Crippen molar-refractivity contribution in [2.75, 3.05) is 0 Å². The molecule has 0 amide bonds. The van der Waals surface area contributed by atoms with Crippen LogP contribution in [0.3, 0.4) is 0 Å². The van der Waals surface area contributed by atoms with E-state index in [1.807, 2.05) is 0 Å². The Balaban J connectivity index is 3.00. The van der Waals surface area contributed by atoms with Crippen molar-refractivity contribution in [2.24, 2.45) is 11.7 Å². The number of aryl methyl sites for hydroxylation is 1. The Labute approximate surface area is 124 Å². The number of nitrogens with two attached hydrogens (primary N) is 1. The van der Waals surface area contributed by atoms with E-state index >= 15 is 0 Å². The van der Waals surface area contributed by atoms with Crippen molar-refractivity contribution in [1.29, 1.82) is 0 Å². The van der Waals surface area contributed by atoms with Crippen molar-refractivity contribution in [1.82, 2.24) is 9.78 Å². The van der Waals surface area contributed by atoms with E-state index in [2.05, 4.69) is 39.3 Å². The Morgan fingerprint density at radius 1 is 1.15 bits per heavy atom. The molecule has 0 aliphatic heterocycles. The molecule has 0 saturated heterocycles. The van der Waals surface area contributed by atoms with Gasteiger partial charge in [-0.25, -0.2) is 0 Å². The van der Waals surface area contributed by atoms with Crippen LogP contribution in [-0.2, 0) is 25.8 Å². The summed E-state index contributed by atoms with van der Waals surface area (Å²) in [6.07, 6.45) is 6.59. The largest absolute Gasteiger partial charge is 0.327 e. The highest BCUT2D eigenvalue weighted by Crippen LogP contribution is 2.20. The fourth-order valence-electron chi connectivity index (χ4n) is 2.94. The molecule has 1 heterocycles. The van der Waals surface area contributed by atoms with Gasteiger partial charge in [-0.15, -0.1) is 0 Å². The van der Waals surface area contributed by atoms with Crippen LogP contribution in [0.5, 0.6) is 0 Å². The maximum Gasteiger partial charge on any atom is 0.0657 e. The first-order valence-electron chi connectivity index (χ1n) is 8.40. The quantitative estimate of drug-likeness (QED) is 0.748. The van der Waals surface area contributed by atoms with E-state index in [1.54, 1.807) is 0 Å². The summed E-state index contributed by atoms with van der Waals surface area (Å²) in [5.74, 6) is 0.697. The van der Waals surface area contributed by atoms with Gasteiger partial charge < -0.3 is 5.73 Å². The molecule has 3 nitrogen and oxygen atoms in total. The van der Waals surface area contributed by atoms with Gasteiger partial charge >= 0.3 is 0 Å². The number of hydrogen-bond acceptors (Lipinski definition) is 2. The molecule has 1 rings (SSSR count). The van der Waals surface area contributed by atoms with E-state index in [-0.39, 0.29) is 6.04 Å². The van der Waals surface area contributed by atoms with E-state index in [0.29, 0.717) is 5.92 Å². The lowest BCUT2D eigenvalue weighted by Gasteiger charge is -2.14. The smallest absolute Gasteiger partial charge is 0.0657 e. The van der Waals surface area contributed by atoms with E-state index in [0.717, 1.165) is 32.2 Å². The highest BCUT2D eigenvalue weighted by molar-refractivity contribution is 5.28. The molecule has 0 saturated carbocycles. The van der Waals surface area contributed by atoms with Gasteiger partial charge in [0.15, 0.2) is 0 Å². The highest BCUT2D eigenvalue weighted by atomic mass is 15.3. The minimum Gasteiger partial charge on any atom is -0.327 e. The fourth-order valence-corrected chi connectivity index (χ4v) is 2.94. The van der Waals surface area contributed by atoms with Crippen molar-refractivity contribution < 1.29 is 0 Å². The average Bonchev–Trinajstić information content (AvgIpc) is 2.75. The van der Waals surface area contributed by atoms with Gasteiger partial charge in [0.2, 0.25) is 0 Å². The van der Waals surface area contributed by atoms with Crippen molar-refractivity contribution >= 4 is 0 Å². The molecule has 1 aromatic heterocycles. The molecule has 0 fully saturated rings. The van der Waals surface area contributed by atoms with Gasteiger partial charge in [-0.05, 0) is 43.6 Å². The molecule has 3 heteroatoms. The first-order valence-corrected chi connectivity index (χ1v) is 8.40. The molecule has 20 heavy (non-hydrogen) atoms. The summed E-state index contributed by atoms with van der Waals surface area (Å²) in [5.41, 5.74) is 10.3. The van der Waals surface area contributed by atoms with Crippen LogP contribution >= 0.6 is 0 Å². The van der Waals surface area contributed by atoms with E-state index in [4.69, 9.17) is 10.8 Å². The van der Waals surface area contributed by atoms with Crippen LogP contribution in [0.25, 0.3) is 0 Å². The maximum absolute atomic E-state index is 6.17. The number of aromatic nitrogens is 2. The van der Waals surface area contributed by atoms with E-state index in [1.165, 1.54) is 29.8 Å². The third kappa shape index (κ3) is 4.34. The van der Waals surface area contributed by atoms with Gasteiger partial charge in [-0.3, -0.25) is 4.68 Å². The first kappa shape index (κ1) is 17.2. The zero-order chi connectivity index (χ0) is 15.1. The third-order valence-corrected chi connectivity index (χ3v) is 4.18. The molecule has 1 aromatic rings. The van der Waals surface area contributed by atoms with Crippen molar-refractivity contribution in [3.05, 3.63) is 17.0 Å². The monoisotopic (exact) mass is 279 g/mol. The molecule has 0 aliphatic rings. The number of rotatable bonds is 9. The van der Waals surface area contributed by atoms with Crippen LogP contribution in [0, 0.1) is 5.92 Å². The van der Waals surface area contributed by atoms with Crippen LogP contribution in [0.1, 0.15) is 70.8 Å². The van der Waals surface area contributed by atoms with E-state index in [9.17, 15) is 0 Å². The molecule has 0 bridgehead atoms. The fraction of sp³-hybridized carbons (Fsp3) is 0.824. The van der Waals surface area contributed by atoms with Crippen molar-refractivity contribution in [3.8, 4) is 0 Å². The molecule has 0 aromatic carbocycles. The standard InChI is InChI=1S/C17H33N3/c1-6-10-13(5)12-20-17(9-4)15(11-14(18)7-2)16(8-3)19-20/h13-14H,6-12,18H2,1-5H3. The summed E-state index contributed by atoms with van der Waals surface area (Å²) < 4.78 is 2.26. The van der Waals surface area contributed by atoms with E-state index < -0.39 is 0 Å². The molecule has 2 N–H and O–H groups in total. The third-order valence-electron chi connectivity index (χ3n) is 4.18. The molecule has 0 aliphatic carbocycles. The molecule has 116 valence electrons. The minimum atomic E-state index is 0.260. The van der Waals surface area contributed by atoms with Gasteiger partial charge in [0, 0.05) is 18.3 Å². The summed E-state index contributed by atoms with van der Waals surface area (Å²) >= 11 is 0. The molecule has 2 atom stereocenters. The summed E-state index contributed by atoms with van der Waals surface area (Å²) in [4.78, 5) is 0. The summed E-state index contributed by atoms with van der Waals surface area (Å²) in [6.45, 7) is 12.2. The van der Waals surface area contributed by atoms with Crippen molar-refractivity contribution in [3.63, 3.8) is 0 Å². The maximum atomic E-state index is 6.17. The molecular weight excluding hydrogens is 246 g/mol. The van der Waals surface area contributed by atoms with Crippen molar-refractivity contribution in [2.45, 2.75) is 85.7 Å². The van der Waals surface area contributed by atoms with Crippen LogP contribution in [0.2, 0.25) is 0 Å². The second kappa shape index (κ2) is 8.46. The van der Waals surface area contributed by atoms with Crippen LogP contribution < -0.4 is 5.73 Å². The lowest BCUT2D eigenvalue weighted by molar-refractivity contribution is 0.410. The second-order valence-corrected chi connectivity index (χ2v) is 6.03. The Morgan fingerprint density at radius 2 is 1.85 bits per heavy atom. The van der Waals surface area contributed by atoms with Gasteiger partial charge in [0.1, 0.15) is 0 Å². The zero-order valence-electron chi connectivity index (χ0n) is 14.1. The highest BCUT2D eigenvalue weighted by Gasteiger charge is 2.18. The average molecular weight is 279 g/mol. The normalized spacial score (nSPS) is 14.5. The predicted molar refractivity (Wildman–Crippen MR) is 87.0 cm³/mol. The molecule has 0 radical (unpaired) electrons. The summed E-state index contributed by atoms with van der Waals surface area (Å²) in [6, 6.07) is 0.260. The first-order chi connectivity index (χ1) is 9.57. The van der Waals surface area contributed by atoms with Gasteiger partial charge in [0.05, 0.1) is 5.69 Å². The van der Waals surface area contributed by atoms with Gasteiger partial charge in [0.25, 0.3) is 0 Å².